The SMILES string of the molecule is Cc1sc(NC(=O)COC(=O)c2ccc3c(c2)C(=O)N(CCc2ccccc2)C3=O)c(C#N)c1C. The molecule has 1 aromatic heterocycles. The molecule has 0 unspecified atom stereocenters. The molecule has 8 nitrogen and oxygen atoms in total. The molecule has 3 amide bonds. The van der Waals surface area contributed by atoms with Gasteiger partial charge in [0.1, 0.15) is 11.1 Å². The first-order chi connectivity index (χ1) is 16.8. The van der Waals surface area contributed by atoms with Crippen LogP contribution in [-0.2, 0) is 16.0 Å². The Labute approximate surface area is 205 Å². The first kappa shape index (κ1) is 23.9. The van der Waals surface area contributed by atoms with Crippen LogP contribution >= 0.6 is 11.3 Å². The minimum Gasteiger partial charge on any atom is -0.452 e. The van der Waals surface area contributed by atoms with Gasteiger partial charge in [-0.05, 0) is 49.6 Å². The van der Waals surface area contributed by atoms with Crippen LogP contribution in [0.4, 0.5) is 5.00 Å². The maximum absolute atomic E-state index is 12.8. The smallest absolute Gasteiger partial charge is 0.338 e. The Bertz CT molecular complexity index is 1390. The summed E-state index contributed by atoms with van der Waals surface area (Å²) in [6, 6.07) is 15.7. The van der Waals surface area contributed by atoms with Crippen LogP contribution < -0.4 is 5.32 Å². The first-order valence-corrected chi connectivity index (χ1v) is 11.6. The maximum Gasteiger partial charge on any atom is 0.338 e. The molecular weight excluding hydrogens is 466 g/mol. The van der Waals surface area contributed by atoms with Gasteiger partial charge in [-0.2, -0.15) is 5.26 Å². The number of thiophene rings is 1. The fraction of sp³-hybridized carbons (Fsp3) is 0.192. The van der Waals surface area contributed by atoms with Crippen LogP contribution in [0.3, 0.4) is 0 Å². The van der Waals surface area contributed by atoms with Gasteiger partial charge < -0.3 is 10.1 Å². The van der Waals surface area contributed by atoms with Crippen molar-refractivity contribution in [3.05, 3.63) is 86.8 Å². The van der Waals surface area contributed by atoms with Crippen LogP contribution in [0.15, 0.2) is 48.5 Å². The van der Waals surface area contributed by atoms with Crippen molar-refractivity contribution in [2.45, 2.75) is 20.3 Å². The van der Waals surface area contributed by atoms with Crippen molar-refractivity contribution in [2.24, 2.45) is 0 Å². The number of imide groups is 1. The molecule has 2 aromatic carbocycles. The molecule has 0 fully saturated rings. The quantitative estimate of drug-likeness (QED) is 0.399. The van der Waals surface area contributed by atoms with Crippen molar-refractivity contribution >= 4 is 40.0 Å². The van der Waals surface area contributed by atoms with E-state index >= 15 is 0 Å². The lowest BCUT2D eigenvalue weighted by atomic mass is 10.1. The second-order valence-corrected chi connectivity index (χ2v) is 9.21. The maximum atomic E-state index is 12.8. The zero-order valence-corrected chi connectivity index (χ0v) is 19.9. The molecule has 0 aliphatic carbocycles. The molecule has 2 heterocycles. The Morgan fingerprint density at radius 3 is 2.49 bits per heavy atom. The lowest BCUT2D eigenvalue weighted by Gasteiger charge is -2.13. The summed E-state index contributed by atoms with van der Waals surface area (Å²) >= 11 is 1.27. The number of amides is 3. The standard InChI is InChI=1S/C26H21N3O5S/c1-15-16(2)35-23(21(15)13-27)28-22(30)14-34-26(33)18-8-9-19-20(12-18)25(32)29(24(19)31)11-10-17-6-4-3-5-7-17/h3-9,12H,10-11,14H2,1-2H3,(H,28,30). The molecule has 0 saturated carbocycles. The van der Waals surface area contributed by atoms with Gasteiger partial charge in [0.2, 0.25) is 0 Å². The fourth-order valence-corrected chi connectivity index (χ4v) is 4.76. The van der Waals surface area contributed by atoms with Crippen molar-refractivity contribution in [2.75, 3.05) is 18.5 Å². The minimum atomic E-state index is -0.801. The number of hydrogen-bond acceptors (Lipinski definition) is 7. The van der Waals surface area contributed by atoms with Gasteiger partial charge in [0.05, 0.1) is 22.3 Å². The third kappa shape index (κ3) is 4.83. The van der Waals surface area contributed by atoms with Crippen molar-refractivity contribution in [3.63, 3.8) is 0 Å². The van der Waals surface area contributed by atoms with Crippen LogP contribution in [0.2, 0.25) is 0 Å². The molecule has 35 heavy (non-hydrogen) atoms. The van der Waals surface area contributed by atoms with Gasteiger partial charge in [0, 0.05) is 11.4 Å². The lowest BCUT2D eigenvalue weighted by Crippen LogP contribution is -2.31. The molecule has 176 valence electrons. The minimum absolute atomic E-state index is 0.0585. The number of ether oxygens (including phenoxy) is 1. The number of hydrogen-bond donors (Lipinski definition) is 1. The number of benzene rings is 2. The molecule has 1 aliphatic rings. The van der Waals surface area contributed by atoms with E-state index in [1.54, 1.807) is 6.92 Å². The molecule has 0 atom stereocenters. The highest BCUT2D eigenvalue weighted by Crippen LogP contribution is 2.31. The second kappa shape index (κ2) is 9.91. The van der Waals surface area contributed by atoms with Crippen LogP contribution in [0.25, 0.3) is 0 Å². The Morgan fingerprint density at radius 2 is 1.77 bits per heavy atom. The summed E-state index contributed by atoms with van der Waals surface area (Å²) in [5.41, 5.74) is 2.59. The van der Waals surface area contributed by atoms with Gasteiger partial charge in [-0.15, -0.1) is 11.3 Å². The summed E-state index contributed by atoms with van der Waals surface area (Å²) in [5, 5.41) is 12.3. The van der Waals surface area contributed by atoms with E-state index in [0.717, 1.165) is 20.9 Å². The Balaban J connectivity index is 1.38. The van der Waals surface area contributed by atoms with E-state index in [1.807, 2.05) is 37.3 Å². The van der Waals surface area contributed by atoms with Gasteiger partial charge in [-0.1, -0.05) is 30.3 Å². The highest BCUT2D eigenvalue weighted by Gasteiger charge is 2.35. The summed E-state index contributed by atoms with van der Waals surface area (Å²) in [7, 11) is 0. The van der Waals surface area contributed by atoms with Crippen molar-refractivity contribution < 1.29 is 23.9 Å². The third-order valence-corrected chi connectivity index (χ3v) is 6.88. The van der Waals surface area contributed by atoms with E-state index in [2.05, 4.69) is 11.4 Å². The monoisotopic (exact) mass is 487 g/mol. The van der Waals surface area contributed by atoms with Gasteiger partial charge in [0.15, 0.2) is 6.61 Å². The number of anilines is 1. The number of aryl methyl sites for hydroxylation is 1. The molecule has 1 N–H and O–H groups in total. The normalized spacial score (nSPS) is 12.3. The number of rotatable bonds is 7. The highest BCUT2D eigenvalue weighted by atomic mass is 32.1. The molecule has 3 aromatic rings. The van der Waals surface area contributed by atoms with Crippen LogP contribution in [0.1, 0.15) is 52.6 Å². The summed E-state index contributed by atoms with van der Waals surface area (Å²) in [6.45, 7) is 3.30. The predicted octanol–water partition coefficient (Wildman–Crippen LogP) is 3.87. The average Bonchev–Trinajstić information content (AvgIpc) is 3.27. The Kier molecular flexibility index (Phi) is 6.75. The molecule has 0 bridgehead atoms. The molecule has 0 saturated heterocycles. The highest BCUT2D eigenvalue weighted by molar-refractivity contribution is 7.16. The lowest BCUT2D eigenvalue weighted by molar-refractivity contribution is -0.119. The zero-order chi connectivity index (χ0) is 25.1. The number of carbonyl (C=O) groups is 4. The van der Waals surface area contributed by atoms with Crippen LogP contribution in [0, 0.1) is 25.2 Å². The first-order valence-electron chi connectivity index (χ1n) is 10.8. The van der Waals surface area contributed by atoms with E-state index in [1.165, 1.54) is 29.5 Å². The second-order valence-electron chi connectivity index (χ2n) is 7.98. The summed E-state index contributed by atoms with van der Waals surface area (Å²) in [4.78, 5) is 52.3. The van der Waals surface area contributed by atoms with Crippen molar-refractivity contribution in [1.29, 1.82) is 5.26 Å². The number of fused-ring (bicyclic) bond motifs is 1. The Morgan fingerprint density at radius 1 is 1.06 bits per heavy atom. The van der Waals surface area contributed by atoms with Crippen molar-refractivity contribution in [3.8, 4) is 6.07 Å². The number of carbonyl (C=O) groups excluding carboxylic acids is 4. The van der Waals surface area contributed by atoms with E-state index in [4.69, 9.17) is 4.74 Å². The summed E-state index contributed by atoms with van der Waals surface area (Å²) in [6.07, 6.45) is 0.521. The van der Waals surface area contributed by atoms with Crippen molar-refractivity contribution in [1.82, 2.24) is 4.90 Å². The summed E-state index contributed by atoms with van der Waals surface area (Å²) in [5.74, 6) is -2.27. The molecular formula is C26H21N3O5S. The largest absolute Gasteiger partial charge is 0.452 e. The van der Waals surface area contributed by atoms with E-state index in [9.17, 15) is 24.4 Å². The molecule has 4 rings (SSSR count). The van der Waals surface area contributed by atoms with Crippen LogP contribution in [0.5, 0.6) is 0 Å². The molecule has 9 heteroatoms. The zero-order valence-electron chi connectivity index (χ0n) is 19.1. The number of nitrogens with one attached hydrogen (secondary N) is 1. The van der Waals surface area contributed by atoms with E-state index < -0.39 is 30.3 Å². The average molecular weight is 488 g/mol. The van der Waals surface area contributed by atoms with Gasteiger partial charge in [-0.3, -0.25) is 19.3 Å². The number of nitrogens with zero attached hydrogens (tertiary/aromatic N) is 2. The predicted molar refractivity (Wildman–Crippen MR) is 129 cm³/mol. The summed E-state index contributed by atoms with van der Waals surface area (Å²) < 4.78 is 5.09. The number of esters is 1. The topological polar surface area (TPSA) is 117 Å². The van der Waals surface area contributed by atoms with E-state index in [0.29, 0.717) is 17.0 Å². The van der Waals surface area contributed by atoms with Crippen LogP contribution in [-0.4, -0.2) is 41.7 Å². The fourth-order valence-electron chi connectivity index (χ4n) is 3.73. The number of nitriles is 1. The van der Waals surface area contributed by atoms with Gasteiger partial charge in [0.25, 0.3) is 17.7 Å². The molecule has 1 aliphatic heterocycles. The Hall–Kier alpha value is -4.29. The van der Waals surface area contributed by atoms with E-state index in [-0.39, 0.29) is 23.2 Å². The molecule has 0 radical (unpaired) electrons. The molecule has 0 spiro atoms. The third-order valence-electron chi connectivity index (χ3n) is 5.76. The van der Waals surface area contributed by atoms with Gasteiger partial charge >= 0.3 is 5.97 Å². The van der Waals surface area contributed by atoms with Gasteiger partial charge in [-0.25, -0.2) is 4.79 Å².